The van der Waals surface area contributed by atoms with Crippen molar-refractivity contribution in [1.82, 2.24) is 0 Å². The topological polar surface area (TPSA) is 102 Å². The molecule has 0 saturated heterocycles. The average molecular weight is 763 g/mol. The third-order valence-electron chi connectivity index (χ3n) is 10.2. The summed E-state index contributed by atoms with van der Waals surface area (Å²) < 4.78 is 0. The van der Waals surface area contributed by atoms with Crippen molar-refractivity contribution < 1.29 is 28.8 Å². The maximum absolute atomic E-state index is 11.4. The molecule has 54 heavy (non-hydrogen) atoms. The summed E-state index contributed by atoms with van der Waals surface area (Å²) in [5.74, 6) is 3.41. The van der Waals surface area contributed by atoms with Gasteiger partial charge in [-0.25, -0.2) is 0 Å². The normalized spacial score (nSPS) is 11.2. The zero-order valence-electron chi connectivity index (χ0n) is 37.9. The smallest absolute Gasteiger partial charge is 0.135 e. The van der Waals surface area contributed by atoms with Crippen LogP contribution in [0.5, 0.6) is 0 Å². The maximum atomic E-state index is 11.4. The van der Waals surface area contributed by atoms with Gasteiger partial charge in [-0.15, -0.1) is 0 Å². The molecular weight excluding hydrogens is 673 g/mol. The molecule has 0 unspecified atom stereocenters. The van der Waals surface area contributed by atoms with Gasteiger partial charge in [-0.1, -0.05) is 160 Å². The predicted octanol–water partition coefficient (Wildman–Crippen LogP) is 13.7. The molecule has 0 fully saturated rings. The second-order valence-corrected chi connectivity index (χ2v) is 17.6. The number of hydrogen-bond acceptors (Lipinski definition) is 6. The third-order valence-corrected chi connectivity index (χ3v) is 10.2. The van der Waals surface area contributed by atoms with Crippen molar-refractivity contribution in [3.8, 4) is 0 Å². The van der Waals surface area contributed by atoms with Crippen molar-refractivity contribution >= 4 is 34.7 Å². The zero-order valence-corrected chi connectivity index (χ0v) is 37.9. The molecule has 0 amide bonds. The van der Waals surface area contributed by atoms with E-state index in [9.17, 15) is 28.8 Å². The van der Waals surface area contributed by atoms with Gasteiger partial charge < -0.3 is 0 Å². The van der Waals surface area contributed by atoms with Crippen molar-refractivity contribution in [3.63, 3.8) is 0 Å². The first kappa shape index (κ1) is 56.4. The van der Waals surface area contributed by atoms with E-state index < -0.39 is 0 Å². The highest BCUT2D eigenvalue weighted by Crippen LogP contribution is 2.15. The Balaban J connectivity index is -0.000000727. The van der Waals surface area contributed by atoms with Gasteiger partial charge in [-0.05, 0) is 38.5 Å². The van der Waals surface area contributed by atoms with Crippen molar-refractivity contribution in [3.05, 3.63) is 0 Å². The highest BCUT2D eigenvalue weighted by Gasteiger charge is 2.10. The van der Waals surface area contributed by atoms with Gasteiger partial charge in [-0.2, -0.15) is 0 Å². The van der Waals surface area contributed by atoms with Crippen LogP contribution >= 0.6 is 0 Å². The SMILES string of the molecule is CC(C)C(=O)CCCCCCC(=O)C(C)C.CC(C)C(=O)CCCCCCCCC(=O)C(C)C.CC(C)C(=O)CCCCCCCCCCC(=O)C(C)C. The quantitative estimate of drug-likeness (QED) is 0.0617. The molecule has 0 rings (SSSR count). The van der Waals surface area contributed by atoms with Gasteiger partial charge in [0.15, 0.2) is 0 Å². The van der Waals surface area contributed by atoms with Crippen LogP contribution in [0, 0.1) is 35.5 Å². The lowest BCUT2D eigenvalue weighted by atomic mass is 10.00. The van der Waals surface area contributed by atoms with Crippen LogP contribution in [0.25, 0.3) is 0 Å². The van der Waals surface area contributed by atoms with Crippen LogP contribution in [0.2, 0.25) is 0 Å². The third kappa shape index (κ3) is 39.7. The van der Waals surface area contributed by atoms with Crippen LogP contribution in [-0.2, 0) is 28.8 Å². The minimum Gasteiger partial charge on any atom is -0.299 e. The molecule has 0 saturated carbocycles. The van der Waals surface area contributed by atoms with E-state index in [0.717, 1.165) is 89.9 Å². The van der Waals surface area contributed by atoms with E-state index >= 15 is 0 Å². The molecule has 0 bridgehead atoms. The molecule has 0 heterocycles. The van der Waals surface area contributed by atoms with Crippen LogP contribution < -0.4 is 0 Å². The Morgan fingerprint density at radius 3 is 0.389 bits per heavy atom. The van der Waals surface area contributed by atoms with E-state index in [4.69, 9.17) is 0 Å². The Labute approximate surface area is 335 Å². The number of unbranched alkanes of at least 4 members (excludes halogenated alkanes) is 15. The Kier molecular flexibility index (Phi) is 39.6. The Morgan fingerprint density at radius 1 is 0.204 bits per heavy atom. The Hall–Kier alpha value is -1.98. The fourth-order valence-corrected chi connectivity index (χ4v) is 5.65. The van der Waals surface area contributed by atoms with E-state index in [-0.39, 0.29) is 35.5 Å². The standard InChI is InChI=1S/C18H34O2.C16H30O2.C14H26O2/c1-15(2)17(19)13-11-9-7-5-6-8-10-12-14-18(20)16(3)4;1-13(2)15(17)11-9-7-5-6-8-10-12-16(18)14(3)4;1-11(2)13(15)9-7-5-6-8-10-14(16)12(3)4/h15-16H,5-14H2,1-4H3;13-14H,5-12H2,1-4H3;11-12H,5-10H2,1-4H3. The van der Waals surface area contributed by atoms with Crippen LogP contribution in [0.3, 0.4) is 0 Å². The molecule has 0 radical (unpaired) electrons. The predicted molar refractivity (Wildman–Crippen MR) is 230 cm³/mol. The van der Waals surface area contributed by atoms with Gasteiger partial charge in [0.2, 0.25) is 0 Å². The summed E-state index contributed by atoms with van der Waals surface area (Å²) in [5.41, 5.74) is 0. The summed E-state index contributed by atoms with van der Waals surface area (Å²) in [6, 6.07) is 0. The van der Waals surface area contributed by atoms with Crippen LogP contribution in [-0.4, -0.2) is 34.7 Å². The molecule has 6 heteroatoms. The van der Waals surface area contributed by atoms with Crippen molar-refractivity contribution in [2.45, 2.75) is 237 Å². The number of carbonyl (C=O) groups excluding carboxylic acids is 6. The van der Waals surface area contributed by atoms with Gasteiger partial charge in [0.05, 0.1) is 0 Å². The van der Waals surface area contributed by atoms with E-state index in [2.05, 4.69) is 0 Å². The van der Waals surface area contributed by atoms with E-state index in [0.29, 0.717) is 47.5 Å². The van der Waals surface area contributed by atoms with Crippen molar-refractivity contribution in [2.24, 2.45) is 35.5 Å². The minimum atomic E-state index is 0.169. The molecule has 0 aliphatic heterocycles. The van der Waals surface area contributed by atoms with Crippen molar-refractivity contribution in [2.75, 3.05) is 0 Å². The molecule has 0 N–H and O–H groups in total. The first-order chi connectivity index (χ1) is 25.3. The molecule has 6 nitrogen and oxygen atoms in total. The first-order valence-corrected chi connectivity index (χ1v) is 22.5. The Bertz CT molecular complexity index is 894. The van der Waals surface area contributed by atoms with Crippen molar-refractivity contribution in [1.29, 1.82) is 0 Å². The molecule has 0 spiro atoms. The first-order valence-electron chi connectivity index (χ1n) is 22.5. The molecule has 0 aromatic carbocycles. The maximum Gasteiger partial charge on any atom is 0.135 e. The fourth-order valence-electron chi connectivity index (χ4n) is 5.65. The molecule has 0 aromatic rings. The second kappa shape index (κ2) is 37.9. The molecular formula is C48H90O6. The van der Waals surface area contributed by atoms with Crippen LogP contribution in [0.15, 0.2) is 0 Å². The van der Waals surface area contributed by atoms with E-state index in [1.54, 1.807) is 0 Å². The molecule has 0 atom stereocenters. The van der Waals surface area contributed by atoms with Gasteiger partial charge in [0, 0.05) is 74.0 Å². The second-order valence-electron chi connectivity index (χ2n) is 17.6. The largest absolute Gasteiger partial charge is 0.299 e. The van der Waals surface area contributed by atoms with E-state index in [1.807, 2.05) is 83.1 Å². The van der Waals surface area contributed by atoms with Crippen LogP contribution in [0.4, 0.5) is 0 Å². The summed E-state index contributed by atoms with van der Waals surface area (Å²) in [6.07, 6.45) is 24.8. The van der Waals surface area contributed by atoms with Gasteiger partial charge in [0.1, 0.15) is 34.7 Å². The van der Waals surface area contributed by atoms with Crippen LogP contribution in [0.1, 0.15) is 237 Å². The summed E-state index contributed by atoms with van der Waals surface area (Å²) >= 11 is 0. The molecule has 318 valence electrons. The lowest BCUT2D eigenvalue weighted by Crippen LogP contribution is -2.07. The number of rotatable bonds is 33. The Morgan fingerprint density at radius 2 is 0.296 bits per heavy atom. The summed E-state index contributed by atoms with van der Waals surface area (Å²) in [5, 5.41) is 0. The summed E-state index contributed by atoms with van der Waals surface area (Å²) in [6.45, 7) is 23.6. The zero-order chi connectivity index (χ0) is 41.9. The molecule has 0 aromatic heterocycles. The highest BCUT2D eigenvalue weighted by molar-refractivity contribution is 5.82. The van der Waals surface area contributed by atoms with Gasteiger partial charge in [0.25, 0.3) is 0 Å². The lowest BCUT2D eigenvalue weighted by Gasteiger charge is -2.05. The summed E-state index contributed by atoms with van der Waals surface area (Å²) in [7, 11) is 0. The van der Waals surface area contributed by atoms with Gasteiger partial charge in [-0.3, -0.25) is 28.8 Å². The summed E-state index contributed by atoms with van der Waals surface area (Å²) in [4.78, 5) is 68.2. The molecule has 0 aliphatic carbocycles. The number of ketones is 6. The van der Waals surface area contributed by atoms with E-state index in [1.165, 1.54) is 51.4 Å². The number of Topliss-reactive ketones (excluding diaryl/α,β-unsaturated/α-hetero) is 6. The van der Waals surface area contributed by atoms with Gasteiger partial charge >= 0.3 is 0 Å². The minimum absolute atomic E-state index is 0.169. The monoisotopic (exact) mass is 763 g/mol. The highest BCUT2D eigenvalue weighted by atomic mass is 16.1. The number of carbonyl (C=O) groups is 6. The lowest BCUT2D eigenvalue weighted by molar-refractivity contribution is -0.123. The fraction of sp³-hybridized carbons (Fsp3) is 0.875. The number of hydrogen-bond donors (Lipinski definition) is 0. The average Bonchev–Trinajstić information content (AvgIpc) is 3.10. The molecule has 0 aliphatic rings.